The van der Waals surface area contributed by atoms with Gasteiger partial charge in [-0.1, -0.05) is 30.3 Å². The molecule has 1 aromatic carbocycles. The number of aliphatic hydroxyl groups excluding tert-OH is 1. The second-order valence-corrected chi connectivity index (χ2v) is 4.62. The van der Waals surface area contributed by atoms with Crippen molar-refractivity contribution in [2.45, 2.75) is 12.5 Å². The second kappa shape index (κ2) is 7.40. The molecule has 0 aliphatic heterocycles. The van der Waals surface area contributed by atoms with Crippen LogP contribution in [0.3, 0.4) is 0 Å². The Bertz CT molecular complexity index is 587. The van der Waals surface area contributed by atoms with Crippen molar-refractivity contribution in [1.29, 1.82) is 0 Å². The Morgan fingerprint density at radius 1 is 1.33 bits per heavy atom. The summed E-state index contributed by atoms with van der Waals surface area (Å²) >= 11 is 0. The average Bonchev–Trinajstić information content (AvgIpc) is 2.55. The van der Waals surface area contributed by atoms with Crippen molar-refractivity contribution < 1.29 is 14.6 Å². The Morgan fingerprint density at radius 3 is 2.76 bits per heavy atom. The maximum absolute atomic E-state index is 12.3. The van der Waals surface area contributed by atoms with Crippen molar-refractivity contribution in [3.8, 4) is 5.75 Å². The predicted octanol–water partition coefficient (Wildman–Crippen LogP) is 1.42. The van der Waals surface area contributed by atoms with Gasteiger partial charge >= 0.3 is 0 Å². The molecule has 1 amide bonds. The van der Waals surface area contributed by atoms with Crippen LogP contribution in [0.1, 0.15) is 15.9 Å². The van der Waals surface area contributed by atoms with E-state index in [0.717, 1.165) is 5.56 Å². The Kier molecular flexibility index (Phi) is 5.29. The van der Waals surface area contributed by atoms with Gasteiger partial charge in [-0.25, -0.2) is 0 Å². The van der Waals surface area contributed by atoms with E-state index in [-0.39, 0.29) is 18.6 Å². The summed E-state index contributed by atoms with van der Waals surface area (Å²) in [6, 6.07) is 10.9. The van der Waals surface area contributed by atoms with Crippen LogP contribution in [0.15, 0.2) is 48.8 Å². The van der Waals surface area contributed by atoms with Crippen molar-refractivity contribution in [1.82, 2.24) is 10.3 Å². The summed E-state index contributed by atoms with van der Waals surface area (Å²) in [6.07, 6.45) is 3.58. The first-order valence-corrected chi connectivity index (χ1v) is 6.68. The molecule has 0 radical (unpaired) electrons. The lowest BCUT2D eigenvalue weighted by atomic mass is 10.1. The minimum atomic E-state index is -0.349. The summed E-state index contributed by atoms with van der Waals surface area (Å²) in [5, 5.41) is 12.3. The van der Waals surface area contributed by atoms with Crippen molar-refractivity contribution in [3.05, 3.63) is 59.9 Å². The number of carbonyl (C=O) groups excluding carboxylic acids is 1. The fraction of sp³-hybridized carbons (Fsp3) is 0.250. The Balaban J connectivity index is 2.06. The Morgan fingerprint density at radius 2 is 2.10 bits per heavy atom. The van der Waals surface area contributed by atoms with Crippen LogP contribution in [0, 0.1) is 0 Å². The third kappa shape index (κ3) is 4.03. The monoisotopic (exact) mass is 286 g/mol. The molecule has 5 nitrogen and oxygen atoms in total. The van der Waals surface area contributed by atoms with Crippen LogP contribution in [0.2, 0.25) is 0 Å². The molecule has 2 N–H and O–H groups in total. The van der Waals surface area contributed by atoms with Crippen molar-refractivity contribution in [2.24, 2.45) is 0 Å². The van der Waals surface area contributed by atoms with Gasteiger partial charge in [0.25, 0.3) is 5.91 Å². The third-order valence-electron chi connectivity index (χ3n) is 3.13. The lowest BCUT2D eigenvalue weighted by Gasteiger charge is -2.17. The summed E-state index contributed by atoms with van der Waals surface area (Å²) in [4.78, 5) is 16.2. The molecule has 2 aromatic rings. The number of pyridine rings is 1. The van der Waals surface area contributed by atoms with Gasteiger partial charge in [0.1, 0.15) is 5.75 Å². The summed E-state index contributed by atoms with van der Waals surface area (Å²) < 4.78 is 5.11. The van der Waals surface area contributed by atoms with E-state index >= 15 is 0 Å². The van der Waals surface area contributed by atoms with Crippen LogP contribution in [0.25, 0.3) is 0 Å². The number of benzene rings is 1. The minimum Gasteiger partial charge on any atom is -0.494 e. The number of amides is 1. The smallest absolute Gasteiger partial charge is 0.255 e. The van der Waals surface area contributed by atoms with Crippen LogP contribution >= 0.6 is 0 Å². The first-order chi connectivity index (χ1) is 10.2. The molecular formula is C16H18N2O3. The molecule has 1 atom stereocenters. The van der Waals surface area contributed by atoms with Crippen LogP contribution in [0.4, 0.5) is 0 Å². The topological polar surface area (TPSA) is 71.5 Å². The molecule has 1 heterocycles. The van der Waals surface area contributed by atoms with Crippen LogP contribution < -0.4 is 10.1 Å². The van der Waals surface area contributed by atoms with Crippen LogP contribution in [-0.4, -0.2) is 35.8 Å². The van der Waals surface area contributed by atoms with E-state index in [1.54, 1.807) is 6.07 Å². The van der Waals surface area contributed by atoms with Gasteiger partial charge in [0.05, 0.1) is 31.5 Å². The lowest BCUT2D eigenvalue weighted by molar-refractivity contribution is 0.0913. The molecule has 0 bridgehead atoms. The molecule has 0 fully saturated rings. The molecule has 0 aliphatic rings. The average molecular weight is 286 g/mol. The van der Waals surface area contributed by atoms with Crippen molar-refractivity contribution >= 4 is 5.91 Å². The highest BCUT2D eigenvalue weighted by Crippen LogP contribution is 2.15. The van der Waals surface area contributed by atoms with E-state index in [0.29, 0.717) is 17.7 Å². The minimum absolute atomic E-state index is 0.131. The number of aromatic nitrogens is 1. The zero-order valence-corrected chi connectivity index (χ0v) is 11.8. The van der Waals surface area contributed by atoms with Gasteiger partial charge in [-0.05, 0) is 18.1 Å². The number of methoxy groups -OCH3 is 1. The largest absolute Gasteiger partial charge is 0.494 e. The summed E-state index contributed by atoms with van der Waals surface area (Å²) in [5.41, 5.74) is 1.46. The molecule has 0 spiro atoms. The number of ether oxygens (including phenoxy) is 1. The molecule has 0 saturated carbocycles. The predicted molar refractivity (Wildman–Crippen MR) is 79.3 cm³/mol. The van der Waals surface area contributed by atoms with Gasteiger partial charge in [0.15, 0.2) is 0 Å². The molecule has 5 heteroatoms. The van der Waals surface area contributed by atoms with Gasteiger partial charge in [0.2, 0.25) is 0 Å². The number of hydrogen-bond donors (Lipinski definition) is 2. The molecule has 21 heavy (non-hydrogen) atoms. The fourth-order valence-corrected chi connectivity index (χ4v) is 2.05. The van der Waals surface area contributed by atoms with Crippen molar-refractivity contribution in [2.75, 3.05) is 13.7 Å². The van der Waals surface area contributed by atoms with Crippen LogP contribution in [0.5, 0.6) is 5.75 Å². The first kappa shape index (κ1) is 15.0. The molecule has 110 valence electrons. The normalized spacial score (nSPS) is 11.7. The van der Waals surface area contributed by atoms with E-state index in [1.807, 2.05) is 30.3 Å². The highest BCUT2D eigenvalue weighted by atomic mass is 16.5. The Labute approximate surface area is 123 Å². The quantitative estimate of drug-likeness (QED) is 0.842. The molecule has 1 unspecified atom stereocenters. The fourth-order valence-electron chi connectivity index (χ4n) is 2.05. The van der Waals surface area contributed by atoms with Gasteiger partial charge in [-0.3, -0.25) is 9.78 Å². The second-order valence-electron chi connectivity index (χ2n) is 4.62. The maximum Gasteiger partial charge on any atom is 0.255 e. The molecule has 0 aliphatic carbocycles. The first-order valence-electron chi connectivity index (χ1n) is 6.68. The number of nitrogens with one attached hydrogen (secondary N) is 1. The van der Waals surface area contributed by atoms with E-state index < -0.39 is 0 Å². The van der Waals surface area contributed by atoms with Gasteiger partial charge in [-0.2, -0.15) is 0 Å². The zero-order chi connectivity index (χ0) is 15.1. The number of nitrogens with zero attached hydrogens (tertiary/aromatic N) is 1. The van der Waals surface area contributed by atoms with E-state index in [9.17, 15) is 9.90 Å². The van der Waals surface area contributed by atoms with E-state index in [1.165, 1.54) is 19.5 Å². The SMILES string of the molecule is COc1cnccc1C(=O)NC(CO)Cc1ccccc1. The van der Waals surface area contributed by atoms with Crippen molar-refractivity contribution in [3.63, 3.8) is 0 Å². The maximum atomic E-state index is 12.3. The van der Waals surface area contributed by atoms with Gasteiger partial charge in [-0.15, -0.1) is 0 Å². The van der Waals surface area contributed by atoms with Gasteiger partial charge < -0.3 is 15.2 Å². The molecular weight excluding hydrogens is 268 g/mol. The number of aliphatic hydroxyl groups is 1. The summed E-state index contributed by atoms with van der Waals surface area (Å²) in [7, 11) is 1.49. The highest BCUT2D eigenvalue weighted by Gasteiger charge is 2.16. The number of rotatable bonds is 6. The van der Waals surface area contributed by atoms with Crippen LogP contribution in [-0.2, 0) is 6.42 Å². The lowest BCUT2D eigenvalue weighted by Crippen LogP contribution is -2.39. The molecule has 1 aromatic heterocycles. The Hall–Kier alpha value is -2.40. The van der Waals surface area contributed by atoms with Gasteiger partial charge in [0, 0.05) is 6.20 Å². The standard InChI is InChI=1S/C16H18N2O3/c1-21-15-10-17-8-7-14(15)16(20)18-13(11-19)9-12-5-3-2-4-6-12/h2-8,10,13,19H,9,11H2,1H3,(H,18,20). The molecule has 0 saturated heterocycles. The zero-order valence-electron chi connectivity index (χ0n) is 11.8. The summed E-state index contributed by atoms with van der Waals surface area (Å²) in [6.45, 7) is -0.131. The number of carbonyl (C=O) groups is 1. The van der Waals surface area contributed by atoms with E-state index in [2.05, 4.69) is 10.3 Å². The highest BCUT2D eigenvalue weighted by molar-refractivity contribution is 5.96. The summed E-state index contributed by atoms with van der Waals surface area (Å²) in [5.74, 6) is 0.121. The van der Waals surface area contributed by atoms with E-state index in [4.69, 9.17) is 4.74 Å². The molecule has 2 rings (SSSR count). The number of hydrogen-bond acceptors (Lipinski definition) is 4. The third-order valence-corrected chi connectivity index (χ3v) is 3.13.